The van der Waals surface area contributed by atoms with Gasteiger partial charge in [0.25, 0.3) is 0 Å². The van der Waals surface area contributed by atoms with Gasteiger partial charge in [-0.25, -0.2) is 13.7 Å². The third-order valence-corrected chi connectivity index (χ3v) is 7.82. The van der Waals surface area contributed by atoms with Crippen LogP contribution in [0.2, 0.25) is 0 Å². The summed E-state index contributed by atoms with van der Waals surface area (Å²) in [7, 11) is -5.66. The van der Waals surface area contributed by atoms with Crippen LogP contribution in [0.15, 0.2) is 24.3 Å². The van der Waals surface area contributed by atoms with Crippen LogP contribution in [0.4, 0.5) is 0 Å². The minimum absolute atomic E-state index is 0.0631. The van der Waals surface area contributed by atoms with Gasteiger partial charge in [0, 0.05) is 26.7 Å². The number of phosphoric acid groups is 3. The molecule has 3 aliphatic rings. The van der Waals surface area contributed by atoms with Crippen molar-refractivity contribution in [3.05, 3.63) is 24.3 Å². The van der Waals surface area contributed by atoms with E-state index in [9.17, 15) is 13.7 Å². The second-order valence-corrected chi connectivity index (χ2v) is 12.1. The van der Waals surface area contributed by atoms with Crippen molar-refractivity contribution in [1.82, 2.24) is 0 Å². The number of rotatable bonds is 3. The van der Waals surface area contributed by atoms with E-state index >= 15 is 0 Å². The van der Waals surface area contributed by atoms with Gasteiger partial charge in [-0.1, -0.05) is 26.0 Å². The maximum atomic E-state index is 11.4. The van der Waals surface area contributed by atoms with Crippen molar-refractivity contribution in [3.63, 3.8) is 0 Å². The minimum Gasteiger partial charge on any atom is -0.391 e. The molecule has 0 aliphatic carbocycles. The molecule has 2 fully saturated rings. The summed E-state index contributed by atoms with van der Waals surface area (Å²) in [6.45, 7) is 5.52. The average molecular weight is 504 g/mol. The predicted molar refractivity (Wildman–Crippen MR) is 109 cm³/mol. The summed E-state index contributed by atoms with van der Waals surface area (Å²) in [4.78, 5) is 0. The summed E-state index contributed by atoms with van der Waals surface area (Å²) >= 11 is 0. The Morgan fingerprint density at radius 3 is 1.45 bits per heavy atom. The number of phosphoric ester groups is 3. The molecular weight excluding hydrogens is 477 g/mol. The first-order valence-electron chi connectivity index (χ1n) is 9.01. The lowest BCUT2D eigenvalue weighted by atomic mass is 9.97. The van der Waals surface area contributed by atoms with Crippen LogP contribution in [0.1, 0.15) is 13.8 Å². The zero-order valence-corrected chi connectivity index (χ0v) is 20.6. The van der Waals surface area contributed by atoms with Crippen LogP contribution in [0, 0.1) is 5.41 Å². The van der Waals surface area contributed by atoms with E-state index in [2.05, 4.69) is 22.6 Å². The molecule has 178 valence electrons. The van der Waals surface area contributed by atoms with Crippen molar-refractivity contribution in [2.24, 2.45) is 5.41 Å². The molecule has 0 bridgehead atoms. The Kier molecular flexibility index (Phi) is 9.31. The van der Waals surface area contributed by atoms with Gasteiger partial charge in [-0.3, -0.25) is 31.7 Å². The van der Waals surface area contributed by atoms with Crippen molar-refractivity contribution < 1.29 is 54.4 Å². The smallest absolute Gasteiger partial charge is 0.391 e. The third kappa shape index (κ3) is 7.94. The summed E-state index contributed by atoms with van der Waals surface area (Å²) in [5.41, 5.74) is -0.0631. The summed E-state index contributed by atoms with van der Waals surface area (Å²) in [5, 5.41) is 0. The molecule has 1 aromatic carbocycles. The molecule has 2 saturated heterocycles. The number of fused-ring (bicyclic) bond motifs is 1. The Hall–Kier alpha value is -0.770. The molecule has 1 aromatic rings. The molecule has 0 saturated carbocycles. The summed E-state index contributed by atoms with van der Waals surface area (Å²) in [6.07, 6.45) is 0. The van der Waals surface area contributed by atoms with Crippen molar-refractivity contribution in [2.75, 3.05) is 47.8 Å². The van der Waals surface area contributed by atoms with Crippen LogP contribution in [0.3, 0.4) is 0 Å². The Labute approximate surface area is 181 Å². The normalized spacial score (nSPS) is 23.6. The molecular formula is C16H27O12P3. The lowest BCUT2D eigenvalue weighted by molar-refractivity contribution is 0.00790. The fourth-order valence-electron chi connectivity index (χ4n) is 2.07. The first kappa shape index (κ1) is 26.5. The molecule has 0 spiro atoms. The first-order valence-corrected chi connectivity index (χ1v) is 13.4. The average Bonchev–Trinajstić information content (AvgIpc) is 3.35. The Morgan fingerprint density at radius 2 is 1.10 bits per heavy atom. The van der Waals surface area contributed by atoms with Crippen molar-refractivity contribution in [3.8, 4) is 11.5 Å². The van der Waals surface area contributed by atoms with Crippen LogP contribution in [0.25, 0.3) is 0 Å². The zero-order valence-electron chi connectivity index (χ0n) is 17.9. The molecule has 0 unspecified atom stereocenters. The number of hydrogen-bond acceptors (Lipinski definition) is 12. The van der Waals surface area contributed by atoms with E-state index in [1.165, 1.54) is 21.3 Å². The molecule has 3 aliphatic heterocycles. The van der Waals surface area contributed by atoms with E-state index in [-0.39, 0.29) is 5.41 Å². The number of para-hydroxylation sites is 2. The Bertz CT molecular complexity index is 820. The molecule has 12 nitrogen and oxygen atoms in total. The largest absolute Gasteiger partial charge is 0.587 e. The van der Waals surface area contributed by atoms with Crippen LogP contribution in [-0.2, 0) is 45.4 Å². The highest BCUT2D eigenvalue weighted by Crippen LogP contribution is 2.58. The fraction of sp³-hybridized carbons (Fsp3) is 0.625. The van der Waals surface area contributed by atoms with E-state index in [0.717, 1.165) is 0 Å². The van der Waals surface area contributed by atoms with E-state index in [0.29, 0.717) is 37.9 Å². The van der Waals surface area contributed by atoms with Crippen LogP contribution < -0.4 is 9.05 Å². The van der Waals surface area contributed by atoms with Gasteiger partial charge in [0.2, 0.25) is 0 Å². The number of hydrogen-bond donors (Lipinski definition) is 0. The van der Waals surface area contributed by atoms with Crippen molar-refractivity contribution in [1.29, 1.82) is 0 Å². The third-order valence-electron chi connectivity index (χ3n) is 3.75. The highest BCUT2D eigenvalue weighted by Gasteiger charge is 2.38. The maximum absolute atomic E-state index is 11.4. The molecule has 0 atom stereocenters. The first-order chi connectivity index (χ1) is 14.5. The fourth-order valence-corrected chi connectivity index (χ4v) is 5.22. The van der Waals surface area contributed by atoms with Gasteiger partial charge in [0.1, 0.15) is 0 Å². The number of benzene rings is 1. The Morgan fingerprint density at radius 1 is 0.710 bits per heavy atom. The van der Waals surface area contributed by atoms with Gasteiger partial charge in [-0.15, -0.1) is 0 Å². The molecule has 0 radical (unpaired) electrons. The summed E-state index contributed by atoms with van der Waals surface area (Å²) < 4.78 is 75.9. The molecule has 15 heteroatoms. The van der Waals surface area contributed by atoms with E-state index in [4.69, 9.17) is 18.1 Å². The van der Waals surface area contributed by atoms with E-state index in [1.54, 1.807) is 24.3 Å². The van der Waals surface area contributed by atoms with Gasteiger partial charge < -0.3 is 9.05 Å². The SMILES string of the molecule is COP1(=O)OCC(C)(C)CO1.COP1(=O)OCCO1.COP1(=O)Oc2ccccc2O1. The van der Waals surface area contributed by atoms with Gasteiger partial charge in [0.15, 0.2) is 11.5 Å². The standard InChI is InChI=1S/C7H7O4P.C6H13O4P.C3H7O4P/c1-9-12(8)10-6-4-2-3-5-7(6)11-12;1-6(2)4-9-11(7,8-3)10-5-6;1-5-8(4)6-2-3-7-8/h2-5H,1H3;4-5H2,1-3H3;2-3H2,1H3. The van der Waals surface area contributed by atoms with Crippen molar-refractivity contribution >= 4 is 23.5 Å². The lowest BCUT2D eigenvalue weighted by Crippen LogP contribution is -2.29. The van der Waals surface area contributed by atoms with Crippen molar-refractivity contribution in [2.45, 2.75) is 13.8 Å². The lowest BCUT2D eigenvalue weighted by Gasteiger charge is -2.32. The quantitative estimate of drug-likeness (QED) is 0.523. The maximum Gasteiger partial charge on any atom is 0.587 e. The molecule has 0 amide bonds. The van der Waals surface area contributed by atoms with Crippen LogP contribution >= 0.6 is 23.5 Å². The summed E-state index contributed by atoms with van der Waals surface area (Å²) in [5.74, 6) is 0.922. The molecule has 3 heterocycles. The van der Waals surface area contributed by atoms with Gasteiger partial charge in [-0.2, -0.15) is 0 Å². The highest BCUT2D eigenvalue weighted by atomic mass is 31.2. The highest BCUT2D eigenvalue weighted by molar-refractivity contribution is 7.49. The molecule has 0 aromatic heterocycles. The second-order valence-electron chi connectivity index (χ2n) is 6.90. The van der Waals surface area contributed by atoms with Crippen LogP contribution in [0.5, 0.6) is 11.5 Å². The van der Waals surface area contributed by atoms with E-state index in [1.807, 2.05) is 13.8 Å². The van der Waals surface area contributed by atoms with Gasteiger partial charge >= 0.3 is 23.5 Å². The van der Waals surface area contributed by atoms with Gasteiger partial charge in [-0.05, 0) is 12.1 Å². The predicted octanol–water partition coefficient (Wildman–Crippen LogP) is 4.81. The minimum atomic E-state index is -3.33. The summed E-state index contributed by atoms with van der Waals surface area (Å²) in [6, 6.07) is 6.89. The van der Waals surface area contributed by atoms with E-state index < -0.39 is 23.5 Å². The monoisotopic (exact) mass is 504 g/mol. The second kappa shape index (κ2) is 10.9. The molecule has 4 rings (SSSR count). The zero-order chi connectivity index (χ0) is 23.2. The van der Waals surface area contributed by atoms with Gasteiger partial charge in [0.05, 0.1) is 26.4 Å². The molecule has 31 heavy (non-hydrogen) atoms. The molecule has 0 N–H and O–H groups in total. The van der Waals surface area contributed by atoms with Crippen LogP contribution in [-0.4, -0.2) is 47.8 Å². The topological polar surface area (TPSA) is 134 Å². The Balaban J connectivity index is 0.000000169.